The minimum Gasteiger partial charge on any atom is -0.396 e. The van der Waals surface area contributed by atoms with Crippen LogP contribution in [-0.2, 0) is 6.54 Å². The molecule has 0 saturated carbocycles. The van der Waals surface area contributed by atoms with Gasteiger partial charge in [0, 0.05) is 30.1 Å². The smallest absolute Gasteiger partial charge is 0.266 e. The molecule has 3 aromatic heterocycles. The number of aliphatic hydroxyl groups excluding tert-OH is 2. The van der Waals surface area contributed by atoms with Crippen LogP contribution in [0.3, 0.4) is 0 Å². The zero-order valence-electron chi connectivity index (χ0n) is 17.5. The van der Waals surface area contributed by atoms with E-state index >= 15 is 0 Å². The third kappa shape index (κ3) is 4.59. The summed E-state index contributed by atoms with van der Waals surface area (Å²) in [5.41, 5.74) is 1.76. The van der Waals surface area contributed by atoms with Crippen molar-refractivity contribution in [3.63, 3.8) is 0 Å². The lowest BCUT2D eigenvalue weighted by molar-refractivity contribution is 0.228. The molecule has 3 N–H and O–H groups in total. The third-order valence-electron chi connectivity index (χ3n) is 5.30. The van der Waals surface area contributed by atoms with Crippen molar-refractivity contribution in [1.82, 2.24) is 19.3 Å². The number of fused-ring (bicyclic) bond motifs is 1. The molecule has 0 spiro atoms. The Morgan fingerprint density at radius 3 is 2.76 bits per heavy atom. The molecular formula is C23H21ClN6O3. The highest BCUT2D eigenvalue weighted by Gasteiger charge is 2.15. The number of halogens is 1. The standard InChI is InChI=1S/C23H21ClN6O3/c24-19-4-2-1-3-15(19)13-30-20-5-7-29(23(33)18(20)12-27-30)21-9-22(26-11-16(21)10-25)28-17(14-32)6-8-31/h1-5,7,9,11-12,17,31-32H,6,8,13-14H2,(H,26,28). The van der Waals surface area contributed by atoms with Gasteiger partial charge in [-0.05, 0) is 24.1 Å². The SMILES string of the molecule is N#Cc1cnc(NC(CO)CCO)cc1-n1ccc2c(cnn2Cc2ccccc2Cl)c1=O. The average Bonchev–Trinajstić information content (AvgIpc) is 3.24. The molecule has 168 valence electrons. The van der Waals surface area contributed by atoms with Crippen LogP contribution in [-0.4, -0.2) is 48.8 Å². The van der Waals surface area contributed by atoms with E-state index in [1.54, 1.807) is 29.1 Å². The first-order valence-corrected chi connectivity index (χ1v) is 10.6. The average molecular weight is 465 g/mol. The zero-order chi connectivity index (χ0) is 23.4. The van der Waals surface area contributed by atoms with Crippen LogP contribution in [0.1, 0.15) is 17.5 Å². The summed E-state index contributed by atoms with van der Waals surface area (Å²) in [6, 6.07) is 12.4. The van der Waals surface area contributed by atoms with Crippen molar-refractivity contribution in [3.8, 4) is 11.8 Å². The van der Waals surface area contributed by atoms with Crippen LogP contribution in [0.2, 0.25) is 5.02 Å². The van der Waals surface area contributed by atoms with Crippen LogP contribution < -0.4 is 10.9 Å². The molecule has 3 heterocycles. The van der Waals surface area contributed by atoms with Crippen molar-refractivity contribution in [3.05, 3.63) is 81.5 Å². The summed E-state index contributed by atoms with van der Waals surface area (Å²) in [5, 5.41) is 36.5. The van der Waals surface area contributed by atoms with Crippen molar-refractivity contribution in [2.24, 2.45) is 0 Å². The summed E-state index contributed by atoms with van der Waals surface area (Å²) in [6.07, 6.45) is 4.78. The molecule has 1 unspecified atom stereocenters. The molecule has 1 atom stereocenters. The van der Waals surface area contributed by atoms with Crippen LogP contribution >= 0.6 is 11.6 Å². The topological polar surface area (TPSA) is 129 Å². The van der Waals surface area contributed by atoms with Gasteiger partial charge in [-0.3, -0.25) is 14.0 Å². The van der Waals surface area contributed by atoms with E-state index in [1.165, 1.54) is 17.0 Å². The number of nitrogens with zero attached hydrogens (tertiary/aromatic N) is 5. The molecule has 9 nitrogen and oxygen atoms in total. The Morgan fingerprint density at radius 1 is 1.21 bits per heavy atom. The molecule has 0 aliphatic heterocycles. The van der Waals surface area contributed by atoms with Crippen molar-refractivity contribution in [2.45, 2.75) is 19.0 Å². The van der Waals surface area contributed by atoms with E-state index in [4.69, 9.17) is 16.7 Å². The second kappa shape index (κ2) is 9.83. The van der Waals surface area contributed by atoms with Crippen molar-refractivity contribution in [2.75, 3.05) is 18.5 Å². The second-order valence-electron chi connectivity index (χ2n) is 7.42. The van der Waals surface area contributed by atoms with Crippen LogP contribution in [0, 0.1) is 11.3 Å². The van der Waals surface area contributed by atoms with Gasteiger partial charge in [0.15, 0.2) is 0 Å². The maximum atomic E-state index is 13.3. The van der Waals surface area contributed by atoms with Gasteiger partial charge in [-0.25, -0.2) is 4.98 Å². The molecule has 0 amide bonds. The Kier molecular flexibility index (Phi) is 6.70. The van der Waals surface area contributed by atoms with Crippen LogP contribution in [0.4, 0.5) is 5.82 Å². The van der Waals surface area contributed by atoms with E-state index in [1.807, 2.05) is 18.2 Å². The molecule has 10 heteroatoms. The number of nitrogens with one attached hydrogen (secondary N) is 1. The number of hydrogen-bond acceptors (Lipinski definition) is 7. The maximum Gasteiger partial charge on any atom is 0.266 e. The van der Waals surface area contributed by atoms with Gasteiger partial charge in [0.1, 0.15) is 11.9 Å². The van der Waals surface area contributed by atoms with Crippen molar-refractivity contribution in [1.29, 1.82) is 5.26 Å². The first-order valence-electron chi connectivity index (χ1n) is 10.2. The number of anilines is 1. The van der Waals surface area contributed by atoms with E-state index in [2.05, 4.69) is 21.5 Å². The van der Waals surface area contributed by atoms with Crippen LogP contribution in [0.5, 0.6) is 0 Å². The first kappa shape index (κ1) is 22.5. The Bertz CT molecular complexity index is 1390. The predicted molar refractivity (Wildman–Crippen MR) is 125 cm³/mol. The monoisotopic (exact) mass is 464 g/mol. The van der Waals surface area contributed by atoms with Crippen LogP contribution in [0.15, 0.2) is 59.8 Å². The molecular weight excluding hydrogens is 444 g/mol. The van der Waals surface area contributed by atoms with E-state index in [9.17, 15) is 15.2 Å². The largest absolute Gasteiger partial charge is 0.396 e. The summed E-state index contributed by atoms with van der Waals surface area (Å²) in [5.74, 6) is 0.373. The highest BCUT2D eigenvalue weighted by molar-refractivity contribution is 6.31. The number of rotatable bonds is 8. The number of nitriles is 1. The fourth-order valence-corrected chi connectivity index (χ4v) is 3.76. The minimum absolute atomic E-state index is 0.102. The lowest BCUT2D eigenvalue weighted by Crippen LogP contribution is -2.26. The second-order valence-corrected chi connectivity index (χ2v) is 7.83. The van der Waals surface area contributed by atoms with Gasteiger partial charge < -0.3 is 15.5 Å². The highest BCUT2D eigenvalue weighted by atomic mass is 35.5. The van der Waals surface area contributed by atoms with Gasteiger partial charge in [0.25, 0.3) is 5.56 Å². The summed E-state index contributed by atoms with van der Waals surface area (Å²) in [7, 11) is 0. The summed E-state index contributed by atoms with van der Waals surface area (Å²) < 4.78 is 3.07. The van der Waals surface area contributed by atoms with Gasteiger partial charge in [-0.1, -0.05) is 29.8 Å². The number of benzene rings is 1. The lowest BCUT2D eigenvalue weighted by atomic mass is 10.2. The number of pyridine rings is 2. The molecule has 1 aromatic carbocycles. The first-order chi connectivity index (χ1) is 16.0. The molecule has 4 rings (SSSR count). The van der Waals surface area contributed by atoms with E-state index in [-0.39, 0.29) is 24.3 Å². The Balaban J connectivity index is 1.74. The van der Waals surface area contributed by atoms with Crippen molar-refractivity contribution >= 4 is 28.3 Å². The Hall–Kier alpha value is -3.71. The summed E-state index contributed by atoms with van der Waals surface area (Å²) >= 11 is 6.26. The highest BCUT2D eigenvalue weighted by Crippen LogP contribution is 2.21. The predicted octanol–water partition coefficient (Wildman–Crippen LogP) is 2.31. The molecule has 0 fully saturated rings. The number of hydrogen-bond donors (Lipinski definition) is 3. The quantitative estimate of drug-likeness (QED) is 0.365. The van der Waals surface area contributed by atoms with Crippen molar-refractivity contribution < 1.29 is 10.2 Å². The zero-order valence-corrected chi connectivity index (χ0v) is 18.3. The number of aliphatic hydroxyl groups is 2. The van der Waals surface area contributed by atoms with Gasteiger partial charge >= 0.3 is 0 Å². The van der Waals surface area contributed by atoms with Gasteiger partial charge in [0.2, 0.25) is 0 Å². The molecule has 0 aliphatic rings. The number of aromatic nitrogens is 4. The molecule has 0 bridgehead atoms. The minimum atomic E-state index is -0.412. The van der Waals surface area contributed by atoms with Crippen LogP contribution in [0.25, 0.3) is 16.6 Å². The molecule has 0 radical (unpaired) electrons. The van der Waals surface area contributed by atoms with E-state index < -0.39 is 6.04 Å². The normalized spacial score (nSPS) is 11.9. The molecule has 4 aromatic rings. The maximum absolute atomic E-state index is 13.3. The molecule has 0 saturated heterocycles. The third-order valence-corrected chi connectivity index (χ3v) is 5.67. The summed E-state index contributed by atoms with van der Waals surface area (Å²) in [4.78, 5) is 17.5. The van der Waals surface area contributed by atoms with E-state index in [0.29, 0.717) is 40.4 Å². The van der Waals surface area contributed by atoms with Gasteiger partial charge in [-0.15, -0.1) is 0 Å². The van der Waals surface area contributed by atoms with Gasteiger partial charge in [0.05, 0.1) is 47.5 Å². The Labute approximate surface area is 194 Å². The summed E-state index contributed by atoms with van der Waals surface area (Å²) in [6.45, 7) is 0.108. The van der Waals surface area contributed by atoms with Gasteiger partial charge in [-0.2, -0.15) is 10.4 Å². The molecule has 0 aliphatic carbocycles. The Morgan fingerprint density at radius 2 is 2.03 bits per heavy atom. The lowest BCUT2D eigenvalue weighted by Gasteiger charge is -2.17. The molecule has 33 heavy (non-hydrogen) atoms. The fraction of sp³-hybridized carbons (Fsp3) is 0.217. The fourth-order valence-electron chi connectivity index (χ4n) is 3.56. The van der Waals surface area contributed by atoms with E-state index in [0.717, 1.165) is 5.56 Å².